The third-order valence-electron chi connectivity index (χ3n) is 3.37. The van der Waals surface area contributed by atoms with Gasteiger partial charge in [-0.05, 0) is 43.7 Å². The van der Waals surface area contributed by atoms with E-state index in [4.69, 9.17) is 0 Å². The minimum absolute atomic E-state index is 0.177. The Morgan fingerprint density at radius 3 is 2.68 bits per heavy atom. The zero-order valence-corrected chi connectivity index (χ0v) is 16.3. The predicted molar refractivity (Wildman–Crippen MR) is 107 cm³/mol. The lowest BCUT2D eigenvalue weighted by molar-refractivity contribution is 0.475. The van der Waals surface area contributed by atoms with Crippen molar-refractivity contribution in [3.63, 3.8) is 0 Å². The van der Waals surface area contributed by atoms with E-state index in [2.05, 4.69) is 37.5 Å². The molecule has 0 fully saturated rings. The highest BCUT2D eigenvalue weighted by Gasteiger charge is 2.08. The Morgan fingerprint density at radius 2 is 1.96 bits per heavy atom. The summed E-state index contributed by atoms with van der Waals surface area (Å²) in [6.07, 6.45) is 1.73. The minimum atomic E-state index is 0.177. The van der Waals surface area contributed by atoms with Crippen molar-refractivity contribution in [2.45, 2.75) is 19.9 Å². The molecule has 128 valence electrons. The van der Waals surface area contributed by atoms with Crippen molar-refractivity contribution < 1.29 is 5.11 Å². The number of aromatic hydroxyl groups is 1. The van der Waals surface area contributed by atoms with Crippen LogP contribution in [0.2, 0.25) is 0 Å². The average molecular weight is 416 g/mol. The van der Waals surface area contributed by atoms with Gasteiger partial charge < -0.3 is 5.11 Å². The molecule has 0 aliphatic carbocycles. The largest absolute Gasteiger partial charge is 0.508 e. The zero-order valence-electron chi connectivity index (χ0n) is 13.9. The molecule has 0 aliphatic rings. The standard InChI is InChI=1S/C19H18BrN3OS/c1-13(2)22-19-23(21-11-14-5-3-8-17(24)9-14)18(12-25-19)15-6-4-7-16(20)10-15/h3-13,24H,1-2H3. The smallest absolute Gasteiger partial charge is 0.206 e. The van der Waals surface area contributed by atoms with Crippen LogP contribution >= 0.6 is 27.3 Å². The van der Waals surface area contributed by atoms with E-state index in [-0.39, 0.29) is 11.8 Å². The fourth-order valence-electron chi connectivity index (χ4n) is 2.30. The van der Waals surface area contributed by atoms with Gasteiger partial charge in [0.15, 0.2) is 0 Å². The number of hydrogen-bond acceptors (Lipinski definition) is 4. The quantitative estimate of drug-likeness (QED) is 0.606. The van der Waals surface area contributed by atoms with Crippen LogP contribution in [0, 0.1) is 0 Å². The van der Waals surface area contributed by atoms with Crippen LogP contribution in [-0.4, -0.2) is 22.0 Å². The lowest BCUT2D eigenvalue weighted by Gasteiger charge is -2.05. The van der Waals surface area contributed by atoms with Gasteiger partial charge in [0, 0.05) is 21.5 Å². The molecule has 1 N–H and O–H groups in total. The maximum Gasteiger partial charge on any atom is 0.206 e. The molecule has 0 saturated carbocycles. The van der Waals surface area contributed by atoms with Crippen LogP contribution in [0.1, 0.15) is 19.4 Å². The van der Waals surface area contributed by atoms with Gasteiger partial charge in [-0.15, -0.1) is 11.3 Å². The van der Waals surface area contributed by atoms with Gasteiger partial charge in [-0.2, -0.15) is 5.10 Å². The van der Waals surface area contributed by atoms with Gasteiger partial charge in [-0.1, -0.05) is 40.2 Å². The number of phenolic OH excluding ortho intramolecular Hbond substituents is 1. The summed E-state index contributed by atoms with van der Waals surface area (Å²) in [6, 6.07) is 15.3. The van der Waals surface area contributed by atoms with Gasteiger partial charge in [0.25, 0.3) is 0 Å². The topological polar surface area (TPSA) is 49.9 Å². The molecule has 25 heavy (non-hydrogen) atoms. The van der Waals surface area contributed by atoms with E-state index < -0.39 is 0 Å². The number of nitrogens with zero attached hydrogens (tertiary/aromatic N) is 3. The maximum atomic E-state index is 9.62. The van der Waals surface area contributed by atoms with Crippen molar-refractivity contribution in [1.29, 1.82) is 0 Å². The summed E-state index contributed by atoms with van der Waals surface area (Å²) in [7, 11) is 0. The molecule has 6 heteroatoms. The lowest BCUT2D eigenvalue weighted by atomic mass is 10.2. The van der Waals surface area contributed by atoms with Crippen LogP contribution in [-0.2, 0) is 0 Å². The summed E-state index contributed by atoms with van der Waals surface area (Å²) in [5, 5.41) is 16.3. The summed E-state index contributed by atoms with van der Waals surface area (Å²) in [4.78, 5) is 5.50. The van der Waals surface area contributed by atoms with Crippen molar-refractivity contribution in [3.05, 3.63) is 68.7 Å². The number of benzene rings is 2. The highest BCUT2D eigenvalue weighted by molar-refractivity contribution is 9.10. The van der Waals surface area contributed by atoms with E-state index in [1.807, 2.05) is 42.8 Å². The molecule has 3 aromatic rings. The van der Waals surface area contributed by atoms with Gasteiger partial charge in [-0.25, -0.2) is 4.68 Å². The number of aromatic nitrogens is 1. The summed E-state index contributed by atoms with van der Waals surface area (Å²) < 4.78 is 2.86. The van der Waals surface area contributed by atoms with E-state index in [0.717, 1.165) is 26.1 Å². The van der Waals surface area contributed by atoms with E-state index in [1.165, 1.54) is 0 Å². The fourth-order valence-corrected chi connectivity index (χ4v) is 3.67. The van der Waals surface area contributed by atoms with Crippen LogP contribution in [0.5, 0.6) is 5.75 Å². The molecule has 4 nitrogen and oxygen atoms in total. The monoisotopic (exact) mass is 415 g/mol. The Hall–Kier alpha value is -2.18. The summed E-state index contributed by atoms with van der Waals surface area (Å²) in [6.45, 7) is 4.09. The third-order valence-corrected chi connectivity index (χ3v) is 4.69. The second kappa shape index (κ2) is 7.80. The number of hydrogen-bond donors (Lipinski definition) is 1. The zero-order chi connectivity index (χ0) is 17.8. The second-order valence-corrected chi connectivity index (χ2v) is 7.54. The minimum Gasteiger partial charge on any atom is -0.508 e. The first-order valence-corrected chi connectivity index (χ1v) is 9.54. The van der Waals surface area contributed by atoms with Crippen molar-refractivity contribution in [2.75, 3.05) is 0 Å². The molecular formula is C19H18BrN3OS. The molecule has 0 unspecified atom stereocenters. The van der Waals surface area contributed by atoms with Crippen molar-refractivity contribution in [3.8, 4) is 17.0 Å². The van der Waals surface area contributed by atoms with Crippen molar-refractivity contribution in [1.82, 2.24) is 4.68 Å². The first kappa shape index (κ1) is 17.6. The van der Waals surface area contributed by atoms with E-state index in [1.54, 1.807) is 35.8 Å². The Labute approximate surface area is 158 Å². The van der Waals surface area contributed by atoms with Gasteiger partial charge in [0.2, 0.25) is 4.80 Å². The normalized spacial score (nSPS) is 12.4. The molecule has 0 saturated heterocycles. The molecule has 0 atom stereocenters. The Bertz CT molecular complexity index is 973. The number of thiazole rings is 1. The van der Waals surface area contributed by atoms with Crippen LogP contribution in [0.15, 0.2) is 68.5 Å². The number of halogens is 1. The van der Waals surface area contributed by atoms with Crippen LogP contribution in [0.4, 0.5) is 0 Å². The molecule has 1 aromatic heterocycles. The molecule has 3 rings (SSSR count). The highest BCUT2D eigenvalue weighted by atomic mass is 79.9. The first-order chi connectivity index (χ1) is 12.0. The molecule has 0 bridgehead atoms. The number of rotatable bonds is 4. The van der Waals surface area contributed by atoms with Crippen molar-refractivity contribution in [2.24, 2.45) is 10.1 Å². The Balaban J connectivity index is 2.10. The third kappa shape index (κ3) is 4.46. The first-order valence-electron chi connectivity index (χ1n) is 7.86. The molecule has 1 heterocycles. The van der Waals surface area contributed by atoms with Gasteiger partial charge >= 0.3 is 0 Å². The number of phenols is 1. The summed E-state index contributed by atoms with van der Waals surface area (Å²) in [5.41, 5.74) is 2.86. The van der Waals surface area contributed by atoms with E-state index >= 15 is 0 Å². The average Bonchev–Trinajstić information content (AvgIpc) is 2.95. The van der Waals surface area contributed by atoms with Crippen molar-refractivity contribution >= 4 is 33.5 Å². The van der Waals surface area contributed by atoms with Gasteiger partial charge in [-0.3, -0.25) is 4.99 Å². The van der Waals surface area contributed by atoms with Crippen LogP contribution < -0.4 is 4.80 Å². The van der Waals surface area contributed by atoms with Gasteiger partial charge in [0.05, 0.1) is 11.9 Å². The molecule has 0 spiro atoms. The van der Waals surface area contributed by atoms with Crippen LogP contribution in [0.25, 0.3) is 11.3 Å². The van der Waals surface area contributed by atoms with Crippen LogP contribution in [0.3, 0.4) is 0 Å². The fraction of sp³-hybridized carbons (Fsp3) is 0.158. The van der Waals surface area contributed by atoms with E-state index in [9.17, 15) is 5.11 Å². The highest BCUT2D eigenvalue weighted by Crippen LogP contribution is 2.23. The SMILES string of the molecule is CC(C)N=c1scc(-c2cccc(Br)c2)n1N=Cc1cccc(O)c1. The molecule has 0 aliphatic heterocycles. The molecule has 0 amide bonds. The van der Waals surface area contributed by atoms with Gasteiger partial charge in [0.1, 0.15) is 5.75 Å². The Morgan fingerprint density at radius 1 is 1.16 bits per heavy atom. The maximum absolute atomic E-state index is 9.62. The van der Waals surface area contributed by atoms with E-state index in [0.29, 0.717) is 0 Å². The molecular weight excluding hydrogens is 398 g/mol. The second-order valence-electron chi connectivity index (χ2n) is 5.79. The molecule has 2 aromatic carbocycles. The summed E-state index contributed by atoms with van der Waals surface area (Å²) in [5.74, 6) is 0.221. The Kier molecular flexibility index (Phi) is 5.50. The summed E-state index contributed by atoms with van der Waals surface area (Å²) >= 11 is 5.08. The lowest BCUT2D eigenvalue weighted by Crippen LogP contribution is -2.14. The molecule has 0 radical (unpaired) electrons. The predicted octanol–water partition coefficient (Wildman–Crippen LogP) is 4.88.